The number of aryl methyl sites for hydroxylation is 1. The fourth-order valence-electron chi connectivity index (χ4n) is 4.21. The van der Waals surface area contributed by atoms with Gasteiger partial charge in [0.25, 0.3) is 5.56 Å². The molecule has 0 aliphatic carbocycles. The summed E-state index contributed by atoms with van der Waals surface area (Å²) in [5.41, 5.74) is 0.335. The molecule has 9 heteroatoms. The lowest BCUT2D eigenvalue weighted by molar-refractivity contribution is -0.133. The van der Waals surface area contributed by atoms with E-state index in [0.29, 0.717) is 37.9 Å². The number of benzene rings is 1. The molecule has 1 aliphatic heterocycles. The molecule has 4 rings (SSSR count). The average Bonchev–Trinajstić information content (AvgIpc) is 2.78. The van der Waals surface area contributed by atoms with Crippen LogP contribution >= 0.6 is 0 Å². The van der Waals surface area contributed by atoms with E-state index < -0.39 is 22.8 Å². The summed E-state index contributed by atoms with van der Waals surface area (Å²) in [4.78, 5) is 42.7. The fourth-order valence-corrected chi connectivity index (χ4v) is 4.21. The van der Waals surface area contributed by atoms with Crippen molar-refractivity contribution in [2.45, 2.75) is 38.6 Å². The number of rotatable bonds is 7. The third-order valence-electron chi connectivity index (χ3n) is 5.90. The number of carbonyl (C=O) groups is 2. The van der Waals surface area contributed by atoms with Crippen molar-refractivity contribution in [2.24, 2.45) is 0 Å². The van der Waals surface area contributed by atoms with E-state index in [1.807, 2.05) is 0 Å². The van der Waals surface area contributed by atoms with Crippen molar-refractivity contribution in [3.8, 4) is 5.75 Å². The van der Waals surface area contributed by atoms with Crippen molar-refractivity contribution in [1.82, 2.24) is 14.5 Å². The van der Waals surface area contributed by atoms with Gasteiger partial charge in [-0.05, 0) is 55.0 Å². The average molecular weight is 453 g/mol. The predicted molar refractivity (Wildman–Crippen MR) is 119 cm³/mol. The Labute approximate surface area is 188 Å². The smallest absolute Gasteiger partial charge is 0.345 e. The SMILES string of the molecule is O=C(O)c1c(O)c2ncc(Cc3ccc(F)cc3)cc2n(CCCN2CCCCC2=O)c1=O. The summed E-state index contributed by atoms with van der Waals surface area (Å²) in [6.45, 7) is 1.30. The van der Waals surface area contributed by atoms with Gasteiger partial charge in [-0.2, -0.15) is 0 Å². The van der Waals surface area contributed by atoms with Crippen molar-refractivity contribution in [3.05, 3.63) is 69.4 Å². The summed E-state index contributed by atoms with van der Waals surface area (Å²) in [6, 6.07) is 7.68. The summed E-state index contributed by atoms with van der Waals surface area (Å²) in [5.74, 6) is -2.46. The number of hydrogen-bond acceptors (Lipinski definition) is 5. The Bertz CT molecular complexity index is 1270. The molecular weight excluding hydrogens is 429 g/mol. The predicted octanol–water partition coefficient (Wildman–Crippen LogP) is 2.93. The molecule has 0 radical (unpaired) electrons. The maximum Gasteiger partial charge on any atom is 0.345 e. The number of aromatic nitrogens is 2. The van der Waals surface area contributed by atoms with E-state index in [1.54, 1.807) is 23.1 Å². The Morgan fingerprint density at radius 2 is 1.85 bits per heavy atom. The summed E-state index contributed by atoms with van der Waals surface area (Å²) in [5, 5.41) is 19.9. The minimum Gasteiger partial charge on any atom is -0.505 e. The van der Waals surface area contributed by atoms with Crippen molar-refractivity contribution in [2.75, 3.05) is 13.1 Å². The van der Waals surface area contributed by atoms with Gasteiger partial charge in [-0.1, -0.05) is 12.1 Å². The lowest BCUT2D eigenvalue weighted by Crippen LogP contribution is -2.37. The molecule has 2 N–H and O–H groups in total. The molecule has 1 aromatic carbocycles. The number of amides is 1. The zero-order chi connectivity index (χ0) is 23.5. The molecule has 33 heavy (non-hydrogen) atoms. The van der Waals surface area contributed by atoms with Crippen LogP contribution in [0.15, 0.2) is 41.3 Å². The second-order valence-corrected chi connectivity index (χ2v) is 8.19. The number of fused-ring (bicyclic) bond motifs is 1. The third-order valence-corrected chi connectivity index (χ3v) is 5.90. The maximum absolute atomic E-state index is 13.2. The monoisotopic (exact) mass is 453 g/mol. The third kappa shape index (κ3) is 4.72. The molecule has 1 aliphatic rings. The largest absolute Gasteiger partial charge is 0.505 e. The van der Waals surface area contributed by atoms with E-state index >= 15 is 0 Å². The molecule has 1 amide bonds. The van der Waals surface area contributed by atoms with Crippen LogP contribution in [-0.2, 0) is 17.8 Å². The maximum atomic E-state index is 13.2. The molecule has 3 aromatic rings. The van der Waals surface area contributed by atoms with Crippen LogP contribution < -0.4 is 5.56 Å². The molecule has 1 saturated heterocycles. The minimum atomic E-state index is -1.53. The lowest BCUT2D eigenvalue weighted by atomic mass is 10.1. The number of piperidine rings is 1. The Kier molecular flexibility index (Phi) is 6.39. The molecule has 172 valence electrons. The fraction of sp³-hybridized carbons (Fsp3) is 0.333. The molecule has 1 fully saturated rings. The lowest BCUT2D eigenvalue weighted by Gasteiger charge is -2.26. The standard InChI is InChI=1S/C24H24FN3O5/c25-17-7-5-15(6-8-17)12-16-13-18-21(26-14-16)22(30)20(24(32)33)23(31)28(18)11-3-10-27-9-2-1-4-19(27)29/h5-8,13-14,30H,1-4,9-12H2,(H,32,33). The number of aromatic hydroxyl groups is 1. The van der Waals surface area contributed by atoms with Gasteiger partial charge in [0.2, 0.25) is 5.91 Å². The minimum absolute atomic E-state index is 0.0175. The molecule has 0 saturated carbocycles. The number of likely N-dealkylation sites (tertiary alicyclic amines) is 1. The number of hydrogen-bond donors (Lipinski definition) is 2. The first kappa shape index (κ1) is 22.4. The van der Waals surface area contributed by atoms with E-state index in [2.05, 4.69) is 4.98 Å². The quantitative estimate of drug-likeness (QED) is 0.569. The highest BCUT2D eigenvalue weighted by Crippen LogP contribution is 2.26. The molecule has 8 nitrogen and oxygen atoms in total. The molecule has 0 bridgehead atoms. The number of carbonyl (C=O) groups excluding carboxylic acids is 1. The zero-order valence-corrected chi connectivity index (χ0v) is 18.0. The van der Waals surface area contributed by atoms with Gasteiger partial charge in [-0.15, -0.1) is 0 Å². The molecule has 0 spiro atoms. The molecule has 0 unspecified atom stereocenters. The van der Waals surface area contributed by atoms with E-state index in [0.717, 1.165) is 24.0 Å². The topological polar surface area (TPSA) is 113 Å². The van der Waals surface area contributed by atoms with Gasteiger partial charge in [0.05, 0.1) is 5.52 Å². The van der Waals surface area contributed by atoms with Gasteiger partial charge in [0.1, 0.15) is 11.3 Å². The first-order valence-corrected chi connectivity index (χ1v) is 10.8. The van der Waals surface area contributed by atoms with Crippen LogP contribution in [-0.4, -0.2) is 49.6 Å². The molecular formula is C24H24FN3O5. The molecule has 0 atom stereocenters. The van der Waals surface area contributed by atoms with Gasteiger partial charge >= 0.3 is 5.97 Å². The summed E-state index contributed by atoms with van der Waals surface area (Å²) in [7, 11) is 0. The first-order chi connectivity index (χ1) is 15.8. The highest BCUT2D eigenvalue weighted by Gasteiger charge is 2.23. The Balaban J connectivity index is 1.69. The van der Waals surface area contributed by atoms with E-state index in [1.165, 1.54) is 22.9 Å². The van der Waals surface area contributed by atoms with Crippen molar-refractivity contribution in [1.29, 1.82) is 0 Å². The van der Waals surface area contributed by atoms with E-state index in [-0.39, 0.29) is 23.8 Å². The Morgan fingerprint density at radius 3 is 2.55 bits per heavy atom. The van der Waals surface area contributed by atoms with Crippen LogP contribution in [0.1, 0.15) is 47.2 Å². The van der Waals surface area contributed by atoms with Gasteiger partial charge < -0.3 is 19.7 Å². The molecule has 3 heterocycles. The van der Waals surface area contributed by atoms with E-state index in [4.69, 9.17) is 0 Å². The normalized spacial score (nSPS) is 14.1. The van der Waals surface area contributed by atoms with Crippen LogP contribution in [0.2, 0.25) is 0 Å². The van der Waals surface area contributed by atoms with Gasteiger partial charge in [-0.3, -0.25) is 14.6 Å². The van der Waals surface area contributed by atoms with Gasteiger partial charge in [0, 0.05) is 32.3 Å². The van der Waals surface area contributed by atoms with Crippen LogP contribution in [0.25, 0.3) is 11.0 Å². The van der Waals surface area contributed by atoms with E-state index in [9.17, 15) is 29.0 Å². The highest BCUT2D eigenvalue weighted by molar-refractivity contribution is 5.97. The number of halogens is 1. The van der Waals surface area contributed by atoms with Gasteiger partial charge in [0.15, 0.2) is 11.3 Å². The number of pyridine rings is 2. The highest BCUT2D eigenvalue weighted by atomic mass is 19.1. The number of carboxylic acid groups (broad SMARTS) is 1. The second-order valence-electron chi connectivity index (χ2n) is 8.19. The van der Waals surface area contributed by atoms with Crippen LogP contribution in [0, 0.1) is 5.82 Å². The Hall–Kier alpha value is -3.75. The van der Waals surface area contributed by atoms with Crippen LogP contribution in [0.5, 0.6) is 5.75 Å². The first-order valence-electron chi connectivity index (χ1n) is 10.8. The van der Waals surface area contributed by atoms with Crippen molar-refractivity contribution >= 4 is 22.9 Å². The van der Waals surface area contributed by atoms with Gasteiger partial charge in [-0.25, -0.2) is 9.18 Å². The number of aromatic carboxylic acids is 1. The number of carboxylic acids is 1. The summed E-state index contributed by atoms with van der Waals surface area (Å²) in [6.07, 6.45) is 4.70. The second kappa shape index (κ2) is 9.40. The van der Waals surface area contributed by atoms with Crippen molar-refractivity contribution in [3.63, 3.8) is 0 Å². The summed E-state index contributed by atoms with van der Waals surface area (Å²) >= 11 is 0. The summed E-state index contributed by atoms with van der Waals surface area (Å²) < 4.78 is 14.5. The Morgan fingerprint density at radius 1 is 1.09 bits per heavy atom. The number of nitrogens with zero attached hydrogens (tertiary/aromatic N) is 3. The van der Waals surface area contributed by atoms with Crippen molar-refractivity contribution < 1.29 is 24.2 Å². The zero-order valence-electron chi connectivity index (χ0n) is 18.0. The van der Waals surface area contributed by atoms with Crippen LogP contribution in [0.3, 0.4) is 0 Å². The van der Waals surface area contributed by atoms with Crippen LogP contribution in [0.4, 0.5) is 4.39 Å². The molecule has 2 aromatic heterocycles.